The molecule has 0 spiro atoms. The van der Waals surface area contributed by atoms with E-state index in [0.29, 0.717) is 10.8 Å². The summed E-state index contributed by atoms with van der Waals surface area (Å²) in [4.78, 5) is 19.8. The fraction of sp³-hybridized carbons (Fsp3) is 0.125. The van der Waals surface area contributed by atoms with Gasteiger partial charge in [0.15, 0.2) is 5.16 Å². The van der Waals surface area contributed by atoms with Gasteiger partial charge in [0.1, 0.15) is 5.82 Å². The maximum absolute atomic E-state index is 12.8. The molecular weight excluding hydrogens is 301 g/mol. The lowest BCUT2D eigenvalue weighted by molar-refractivity contribution is -0.115. The average molecular weight is 315 g/mol. The van der Waals surface area contributed by atoms with Crippen molar-refractivity contribution in [2.75, 3.05) is 5.32 Å². The van der Waals surface area contributed by atoms with Crippen molar-refractivity contribution >= 4 is 34.4 Å². The Morgan fingerprint density at radius 2 is 1.95 bits per heavy atom. The zero-order chi connectivity index (χ0) is 15.5. The third kappa shape index (κ3) is 3.28. The zero-order valence-electron chi connectivity index (χ0n) is 11.8. The molecule has 22 heavy (non-hydrogen) atoms. The van der Waals surface area contributed by atoms with E-state index in [-0.39, 0.29) is 17.0 Å². The van der Waals surface area contributed by atoms with Crippen LogP contribution in [0.15, 0.2) is 53.7 Å². The summed E-state index contributed by atoms with van der Waals surface area (Å²) in [5.41, 5.74) is 2.38. The predicted octanol–water partition coefficient (Wildman–Crippen LogP) is 3.82. The SMILES string of the molecule is CC(Sc1nc2ccccc2[nH]1)C(=O)Nc1ccc(F)cc1. The molecular formula is C16H14FN3OS. The Balaban J connectivity index is 1.66. The molecule has 1 heterocycles. The van der Waals surface area contributed by atoms with Gasteiger partial charge in [0, 0.05) is 5.69 Å². The summed E-state index contributed by atoms with van der Waals surface area (Å²) in [6.07, 6.45) is 0. The highest BCUT2D eigenvalue weighted by atomic mass is 32.2. The van der Waals surface area contributed by atoms with E-state index in [2.05, 4.69) is 15.3 Å². The van der Waals surface area contributed by atoms with Crippen molar-refractivity contribution in [3.63, 3.8) is 0 Å². The van der Waals surface area contributed by atoms with Gasteiger partial charge in [0.2, 0.25) is 5.91 Å². The molecule has 2 N–H and O–H groups in total. The third-order valence-electron chi connectivity index (χ3n) is 3.14. The number of rotatable bonds is 4. The maximum atomic E-state index is 12.8. The van der Waals surface area contributed by atoms with Gasteiger partial charge in [-0.1, -0.05) is 23.9 Å². The molecule has 3 aromatic rings. The summed E-state index contributed by atoms with van der Waals surface area (Å²) in [5, 5.41) is 3.12. The fourth-order valence-corrected chi connectivity index (χ4v) is 2.80. The number of thioether (sulfide) groups is 1. The van der Waals surface area contributed by atoms with Crippen molar-refractivity contribution in [2.24, 2.45) is 0 Å². The van der Waals surface area contributed by atoms with E-state index in [1.165, 1.54) is 36.0 Å². The van der Waals surface area contributed by atoms with E-state index >= 15 is 0 Å². The highest BCUT2D eigenvalue weighted by molar-refractivity contribution is 8.00. The number of aromatic nitrogens is 2. The van der Waals surface area contributed by atoms with Gasteiger partial charge in [0.05, 0.1) is 16.3 Å². The molecule has 2 aromatic carbocycles. The number of carbonyl (C=O) groups excluding carboxylic acids is 1. The minimum absolute atomic E-state index is 0.155. The number of amides is 1. The Bertz CT molecular complexity index is 768. The minimum atomic E-state index is -0.331. The number of para-hydroxylation sites is 2. The van der Waals surface area contributed by atoms with Gasteiger partial charge >= 0.3 is 0 Å². The quantitative estimate of drug-likeness (QED) is 0.720. The fourth-order valence-electron chi connectivity index (χ4n) is 1.98. The number of hydrogen-bond acceptors (Lipinski definition) is 3. The van der Waals surface area contributed by atoms with Crippen LogP contribution >= 0.6 is 11.8 Å². The van der Waals surface area contributed by atoms with E-state index in [1.807, 2.05) is 24.3 Å². The summed E-state index contributed by atoms with van der Waals surface area (Å²) in [6.45, 7) is 1.80. The van der Waals surface area contributed by atoms with Gasteiger partial charge in [0.25, 0.3) is 0 Å². The smallest absolute Gasteiger partial charge is 0.237 e. The van der Waals surface area contributed by atoms with Crippen LogP contribution in [0.25, 0.3) is 11.0 Å². The van der Waals surface area contributed by atoms with Crippen molar-refractivity contribution in [3.8, 4) is 0 Å². The lowest BCUT2D eigenvalue weighted by atomic mass is 10.3. The number of carbonyl (C=O) groups is 1. The number of H-pyrrole nitrogens is 1. The average Bonchev–Trinajstić information content (AvgIpc) is 2.91. The van der Waals surface area contributed by atoms with E-state index in [1.54, 1.807) is 6.92 Å². The Morgan fingerprint density at radius 3 is 2.68 bits per heavy atom. The van der Waals surface area contributed by atoms with Crippen LogP contribution in [-0.4, -0.2) is 21.1 Å². The lowest BCUT2D eigenvalue weighted by Crippen LogP contribution is -2.22. The first-order valence-electron chi connectivity index (χ1n) is 6.79. The number of nitrogens with zero attached hydrogens (tertiary/aromatic N) is 1. The molecule has 1 aromatic heterocycles. The predicted molar refractivity (Wildman–Crippen MR) is 86.4 cm³/mol. The molecule has 112 valence electrons. The standard InChI is InChI=1S/C16H14FN3OS/c1-10(15(21)18-12-8-6-11(17)7-9-12)22-16-19-13-4-2-3-5-14(13)20-16/h2-10H,1H3,(H,18,21)(H,19,20). The van der Waals surface area contributed by atoms with Crippen LogP contribution in [0.2, 0.25) is 0 Å². The normalized spacial score (nSPS) is 12.3. The lowest BCUT2D eigenvalue weighted by Gasteiger charge is -2.10. The third-order valence-corrected chi connectivity index (χ3v) is 4.12. The van der Waals surface area contributed by atoms with Crippen molar-refractivity contribution in [2.45, 2.75) is 17.3 Å². The molecule has 3 rings (SSSR count). The molecule has 0 aliphatic heterocycles. The van der Waals surface area contributed by atoms with Crippen LogP contribution < -0.4 is 5.32 Å². The summed E-state index contributed by atoms with van der Waals surface area (Å²) >= 11 is 1.35. The van der Waals surface area contributed by atoms with Crippen molar-refractivity contribution in [1.29, 1.82) is 0 Å². The molecule has 0 fully saturated rings. The molecule has 4 nitrogen and oxygen atoms in total. The molecule has 0 aliphatic carbocycles. The van der Waals surface area contributed by atoms with Gasteiger partial charge in [-0.3, -0.25) is 4.79 Å². The number of anilines is 1. The number of benzene rings is 2. The number of imidazole rings is 1. The molecule has 0 aliphatic rings. The van der Waals surface area contributed by atoms with Crippen molar-refractivity contribution in [1.82, 2.24) is 9.97 Å². The van der Waals surface area contributed by atoms with E-state index < -0.39 is 0 Å². The monoisotopic (exact) mass is 315 g/mol. The second kappa shape index (κ2) is 6.19. The van der Waals surface area contributed by atoms with Gasteiger partial charge in [-0.15, -0.1) is 0 Å². The Morgan fingerprint density at radius 1 is 1.23 bits per heavy atom. The topological polar surface area (TPSA) is 57.8 Å². The van der Waals surface area contributed by atoms with Gasteiger partial charge in [-0.2, -0.15) is 0 Å². The van der Waals surface area contributed by atoms with Crippen LogP contribution in [0.3, 0.4) is 0 Å². The molecule has 0 saturated heterocycles. The van der Waals surface area contributed by atoms with Gasteiger partial charge in [-0.25, -0.2) is 9.37 Å². The van der Waals surface area contributed by atoms with Crippen LogP contribution in [0.5, 0.6) is 0 Å². The summed E-state index contributed by atoms with van der Waals surface area (Å²) in [6, 6.07) is 13.4. The van der Waals surface area contributed by atoms with Gasteiger partial charge in [-0.05, 0) is 43.3 Å². The first kappa shape index (κ1) is 14.6. The summed E-state index contributed by atoms with van der Waals surface area (Å²) in [5.74, 6) is -0.486. The van der Waals surface area contributed by atoms with Gasteiger partial charge < -0.3 is 10.3 Å². The number of hydrogen-bond donors (Lipinski definition) is 2. The Hall–Kier alpha value is -2.34. The Labute approximate surface area is 131 Å². The largest absolute Gasteiger partial charge is 0.333 e. The second-order valence-electron chi connectivity index (χ2n) is 4.82. The van der Waals surface area contributed by atoms with Crippen molar-refractivity contribution in [3.05, 3.63) is 54.3 Å². The van der Waals surface area contributed by atoms with Crippen LogP contribution in [0, 0.1) is 5.82 Å². The summed E-state index contributed by atoms with van der Waals surface area (Å²) < 4.78 is 12.8. The number of aromatic amines is 1. The summed E-state index contributed by atoms with van der Waals surface area (Å²) in [7, 11) is 0. The van der Waals surface area contributed by atoms with Crippen LogP contribution in [0.1, 0.15) is 6.92 Å². The number of fused-ring (bicyclic) bond motifs is 1. The highest BCUT2D eigenvalue weighted by Crippen LogP contribution is 2.24. The number of nitrogens with one attached hydrogen (secondary N) is 2. The Kier molecular flexibility index (Phi) is 4.11. The number of halogens is 1. The minimum Gasteiger partial charge on any atom is -0.333 e. The molecule has 1 amide bonds. The van der Waals surface area contributed by atoms with Crippen LogP contribution in [-0.2, 0) is 4.79 Å². The first-order chi connectivity index (χ1) is 10.6. The molecule has 1 unspecified atom stereocenters. The molecule has 0 bridgehead atoms. The molecule has 0 radical (unpaired) electrons. The highest BCUT2D eigenvalue weighted by Gasteiger charge is 2.16. The molecule has 6 heteroatoms. The molecule has 0 saturated carbocycles. The zero-order valence-corrected chi connectivity index (χ0v) is 12.7. The van der Waals surface area contributed by atoms with Crippen molar-refractivity contribution < 1.29 is 9.18 Å². The van der Waals surface area contributed by atoms with E-state index in [0.717, 1.165) is 11.0 Å². The van der Waals surface area contributed by atoms with E-state index in [4.69, 9.17) is 0 Å². The molecule has 1 atom stereocenters. The second-order valence-corrected chi connectivity index (χ2v) is 6.14. The van der Waals surface area contributed by atoms with Crippen LogP contribution in [0.4, 0.5) is 10.1 Å². The van der Waals surface area contributed by atoms with E-state index in [9.17, 15) is 9.18 Å². The maximum Gasteiger partial charge on any atom is 0.237 e. The first-order valence-corrected chi connectivity index (χ1v) is 7.67.